The van der Waals surface area contributed by atoms with Crippen molar-refractivity contribution >= 4 is 40.0 Å². The second kappa shape index (κ2) is 12.6. The van der Waals surface area contributed by atoms with E-state index in [2.05, 4.69) is 29.2 Å². The van der Waals surface area contributed by atoms with Gasteiger partial charge in [-0.2, -0.15) is 0 Å². The fourth-order valence-corrected chi connectivity index (χ4v) is 4.70. The maximum atomic E-state index is 13.5. The van der Waals surface area contributed by atoms with Gasteiger partial charge in [0.15, 0.2) is 11.0 Å². The molecule has 2 aromatic rings. The van der Waals surface area contributed by atoms with Crippen LogP contribution in [0.3, 0.4) is 0 Å². The SMILES string of the molecule is CCNc1ccc(C(C)=O)cc1/N=C1/S/C(=C\N(C)CCCN(C)C)C(=O)N1Cc1ccccc1. The molecule has 1 heterocycles. The topological polar surface area (TPSA) is 68.2 Å². The molecule has 0 aliphatic carbocycles. The number of amidine groups is 1. The molecule has 1 aliphatic heterocycles. The van der Waals surface area contributed by atoms with Crippen molar-refractivity contribution in [3.8, 4) is 0 Å². The summed E-state index contributed by atoms with van der Waals surface area (Å²) < 4.78 is 0. The summed E-state index contributed by atoms with van der Waals surface area (Å²) >= 11 is 1.37. The van der Waals surface area contributed by atoms with E-state index in [0.717, 1.165) is 37.3 Å². The first-order valence-electron chi connectivity index (χ1n) is 11.9. The molecule has 3 rings (SSSR count). The lowest BCUT2D eigenvalue weighted by Crippen LogP contribution is -2.29. The predicted octanol–water partition coefficient (Wildman–Crippen LogP) is 4.81. The van der Waals surface area contributed by atoms with Gasteiger partial charge in [-0.1, -0.05) is 30.3 Å². The second-order valence-corrected chi connectivity index (χ2v) is 9.83. The van der Waals surface area contributed by atoms with Crippen LogP contribution in [0.1, 0.15) is 36.2 Å². The fraction of sp³-hybridized carbons (Fsp3) is 0.370. The van der Waals surface area contributed by atoms with Crippen molar-refractivity contribution in [3.63, 3.8) is 0 Å². The molecule has 1 saturated heterocycles. The van der Waals surface area contributed by atoms with Gasteiger partial charge in [-0.05, 0) is 76.4 Å². The van der Waals surface area contributed by atoms with E-state index in [9.17, 15) is 9.59 Å². The largest absolute Gasteiger partial charge is 0.384 e. The molecule has 35 heavy (non-hydrogen) atoms. The van der Waals surface area contributed by atoms with Crippen molar-refractivity contribution < 1.29 is 9.59 Å². The van der Waals surface area contributed by atoms with Gasteiger partial charge in [0.05, 0.1) is 22.8 Å². The summed E-state index contributed by atoms with van der Waals surface area (Å²) in [4.78, 5) is 36.9. The number of nitrogens with one attached hydrogen (secondary N) is 1. The fourth-order valence-electron chi connectivity index (χ4n) is 3.67. The molecule has 0 spiro atoms. The first-order valence-corrected chi connectivity index (χ1v) is 12.7. The molecule has 7 nitrogen and oxygen atoms in total. The van der Waals surface area contributed by atoms with Crippen LogP contribution in [0.2, 0.25) is 0 Å². The van der Waals surface area contributed by atoms with Crippen LogP contribution in [-0.2, 0) is 11.3 Å². The van der Waals surface area contributed by atoms with Crippen LogP contribution in [0.4, 0.5) is 11.4 Å². The maximum Gasteiger partial charge on any atom is 0.268 e. The summed E-state index contributed by atoms with van der Waals surface area (Å²) in [6, 6.07) is 15.4. The van der Waals surface area contributed by atoms with E-state index in [-0.39, 0.29) is 11.7 Å². The van der Waals surface area contributed by atoms with Crippen LogP contribution >= 0.6 is 11.8 Å². The number of aliphatic imine (C=N–C) groups is 1. The van der Waals surface area contributed by atoms with Gasteiger partial charge in [0.1, 0.15) is 0 Å². The first-order chi connectivity index (χ1) is 16.8. The van der Waals surface area contributed by atoms with Crippen LogP contribution in [0.15, 0.2) is 64.6 Å². The highest BCUT2D eigenvalue weighted by Gasteiger charge is 2.34. The Balaban J connectivity index is 1.96. The second-order valence-electron chi connectivity index (χ2n) is 8.82. The van der Waals surface area contributed by atoms with Crippen LogP contribution in [0.5, 0.6) is 0 Å². The summed E-state index contributed by atoms with van der Waals surface area (Å²) in [5, 5.41) is 3.91. The number of nitrogens with zero attached hydrogens (tertiary/aromatic N) is 4. The van der Waals surface area contributed by atoms with Crippen molar-refractivity contribution in [2.24, 2.45) is 4.99 Å². The number of anilines is 1. The third kappa shape index (κ3) is 7.44. The minimum absolute atomic E-state index is 0.0225. The molecule has 0 aromatic heterocycles. The van der Waals surface area contributed by atoms with Gasteiger partial charge in [0.2, 0.25) is 0 Å². The van der Waals surface area contributed by atoms with E-state index in [0.29, 0.717) is 27.9 Å². The summed E-state index contributed by atoms with van der Waals surface area (Å²) in [5.41, 5.74) is 3.09. The smallest absolute Gasteiger partial charge is 0.268 e. The summed E-state index contributed by atoms with van der Waals surface area (Å²) in [6.07, 6.45) is 2.92. The number of carbonyl (C=O) groups is 2. The molecule has 2 aromatic carbocycles. The Kier molecular flexibility index (Phi) is 9.51. The highest BCUT2D eigenvalue weighted by atomic mass is 32.2. The van der Waals surface area contributed by atoms with Crippen LogP contribution < -0.4 is 5.32 Å². The summed E-state index contributed by atoms with van der Waals surface area (Å²) in [7, 11) is 6.11. The highest BCUT2D eigenvalue weighted by molar-refractivity contribution is 8.18. The monoisotopic (exact) mass is 493 g/mol. The van der Waals surface area contributed by atoms with Crippen molar-refractivity contribution in [2.75, 3.05) is 46.1 Å². The molecule has 0 saturated carbocycles. The Morgan fingerprint density at radius 2 is 1.86 bits per heavy atom. The maximum absolute atomic E-state index is 13.5. The zero-order valence-corrected chi connectivity index (χ0v) is 22.1. The number of amides is 1. The predicted molar refractivity (Wildman–Crippen MR) is 146 cm³/mol. The van der Waals surface area contributed by atoms with Gasteiger partial charge >= 0.3 is 0 Å². The Morgan fingerprint density at radius 3 is 2.51 bits per heavy atom. The lowest BCUT2D eigenvalue weighted by atomic mass is 10.1. The molecule has 0 bridgehead atoms. The summed E-state index contributed by atoms with van der Waals surface area (Å²) in [6.45, 7) is 6.54. The number of hydrogen-bond acceptors (Lipinski definition) is 7. The van der Waals surface area contributed by atoms with E-state index in [1.54, 1.807) is 24.0 Å². The Morgan fingerprint density at radius 1 is 1.11 bits per heavy atom. The van der Waals surface area contributed by atoms with E-state index in [1.165, 1.54) is 11.8 Å². The van der Waals surface area contributed by atoms with E-state index in [1.807, 2.05) is 56.6 Å². The molecular formula is C27H35N5O2S. The Hall–Kier alpha value is -3.10. The molecular weight excluding hydrogens is 458 g/mol. The van der Waals surface area contributed by atoms with Gasteiger partial charge in [-0.15, -0.1) is 0 Å². The van der Waals surface area contributed by atoms with Gasteiger partial charge in [0, 0.05) is 31.9 Å². The molecule has 0 atom stereocenters. The molecule has 1 aliphatic rings. The number of Topliss-reactive ketones (excluding diaryl/α,β-unsaturated/α-hetero) is 1. The number of ketones is 1. The van der Waals surface area contributed by atoms with Crippen LogP contribution in [-0.4, -0.2) is 72.3 Å². The lowest BCUT2D eigenvalue weighted by molar-refractivity contribution is -0.122. The summed E-state index contributed by atoms with van der Waals surface area (Å²) in [5.74, 6) is -0.0875. The molecule has 1 amide bonds. The zero-order valence-electron chi connectivity index (χ0n) is 21.2. The molecule has 0 unspecified atom stereocenters. The standard InChI is InChI=1S/C27H35N5O2S/c1-6-28-23-14-13-22(20(2)33)17-24(23)29-27-32(18-21-11-8-7-9-12-21)26(34)25(35-27)19-31(5)16-10-15-30(3)4/h7-9,11-14,17,19,28H,6,10,15-16,18H2,1-5H3/b25-19-,29-27+. The number of rotatable bonds is 11. The normalized spacial score (nSPS) is 15.9. The average molecular weight is 494 g/mol. The third-order valence-electron chi connectivity index (χ3n) is 5.51. The van der Waals surface area contributed by atoms with E-state index >= 15 is 0 Å². The Bertz CT molecular complexity index is 1100. The minimum atomic E-state index is -0.0650. The van der Waals surface area contributed by atoms with E-state index in [4.69, 9.17) is 4.99 Å². The van der Waals surface area contributed by atoms with Crippen molar-refractivity contribution in [3.05, 3.63) is 70.8 Å². The van der Waals surface area contributed by atoms with Crippen LogP contribution in [0, 0.1) is 0 Å². The van der Waals surface area contributed by atoms with Crippen molar-refractivity contribution in [1.29, 1.82) is 0 Å². The van der Waals surface area contributed by atoms with Crippen molar-refractivity contribution in [1.82, 2.24) is 14.7 Å². The van der Waals surface area contributed by atoms with E-state index < -0.39 is 0 Å². The number of carbonyl (C=O) groups excluding carboxylic acids is 2. The first kappa shape index (κ1) is 26.5. The number of thioether (sulfide) groups is 1. The van der Waals surface area contributed by atoms with Crippen LogP contribution in [0.25, 0.3) is 0 Å². The number of benzene rings is 2. The zero-order chi connectivity index (χ0) is 25.4. The minimum Gasteiger partial charge on any atom is -0.384 e. The van der Waals surface area contributed by atoms with Gasteiger partial charge in [-0.3, -0.25) is 14.5 Å². The van der Waals surface area contributed by atoms with Crippen molar-refractivity contribution in [2.45, 2.75) is 26.8 Å². The Labute approximate surface area is 212 Å². The van der Waals surface area contributed by atoms with Gasteiger partial charge in [-0.25, -0.2) is 4.99 Å². The molecule has 0 radical (unpaired) electrons. The molecule has 1 fully saturated rings. The van der Waals surface area contributed by atoms with Gasteiger partial charge < -0.3 is 15.1 Å². The highest BCUT2D eigenvalue weighted by Crippen LogP contribution is 2.36. The van der Waals surface area contributed by atoms with Gasteiger partial charge in [0.25, 0.3) is 5.91 Å². The number of hydrogen-bond donors (Lipinski definition) is 1. The lowest BCUT2D eigenvalue weighted by Gasteiger charge is -2.17. The quantitative estimate of drug-likeness (QED) is 0.358. The molecule has 8 heteroatoms. The third-order valence-corrected chi connectivity index (χ3v) is 6.51. The molecule has 186 valence electrons. The average Bonchev–Trinajstić information content (AvgIpc) is 3.09. The molecule has 1 N–H and O–H groups in total.